The van der Waals surface area contributed by atoms with Crippen molar-refractivity contribution >= 4 is 29.6 Å². The highest BCUT2D eigenvalue weighted by atomic mass is 35.5. The molecule has 110 valence electrons. The van der Waals surface area contributed by atoms with E-state index >= 15 is 0 Å². The van der Waals surface area contributed by atoms with Crippen molar-refractivity contribution in [2.24, 2.45) is 0 Å². The first-order valence-corrected chi connectivity index (χ1v) is 6.67. The third-order valence-electron chi connectivity index (χ3n) is 2.43. The minimum atomic E-state index is -0.321. The van der Waals surface area contributed by atoms with E-state index in [9.17, 15) is 9.59 Å². The third-order valence-corrected chi connectivity index (χ3v) is 2.58. The average Bonchev–Trinajstić information content (AvgIpc) is 2.97. The van der Waals surface area contributed by atoms with E-state index in [1.165, 1.54) is 10.9 Å². The molecule has 21 heavy (non-hydrogen) atoms. The van der Waals surface area contributed by atoms with Gasteiger partial charge in [-0.25, -0.2) is 9.67 Å². The number of carbonyl (C=O) groups excluding carboxylic acids is 2. The van der Waals surface area contributed by atoms with Gasteiger partial charge in [-0.2, -0.15) is 5.10 Å². The summed E-state index contributed by atoms with van der Waals surface area (Å²) in [7, 11) is 0. The molecule has 1 N–H and O–H groups in total. The van der Waals surface area contributed by atoms with E-state index in [0.29, 0.717) is 36.0 Å². The molecule has 0 saturated carbocycles. The molecule has 0 bridgehead atoms. The number of rotatable bonds is 7. The normalized spacial score (nSPS) is 10.3. The molecule has 0 fully saturated rings. The Morgan fingerprint density at radius 1 is 1.48 bits per heavy atom. The lowest BCUT2D eigenvalue weighted by Crippen LogP contribution is -2.19. The van der Waals surface area contributed by atoms with E-state index in [0.717, 1.165) is 0 Å². The van der Waals surface area contributed by atoms with Crippen LogP contribution in [0, 0.1) is 0 Å². The molecule has 1 amide bonds. The zero-order chi connectivity index (χ0) is 15.1. The topological polar surface area (TPSA) is 86.1 Å². The maximum atomic E-state index is 11.6. The largest absolute Gasteiger partial charge is 0.370 e. The molecule has 0 radical (unpaired) electrons. The molecule has 0 unspecified atom stereocenters. The molecular weight excluding hydrogens is 296 g/mol. The zero-order valence-electron chi connectivity index (χ0n) is 11.0. The Bertz CT molecular complexity index is 629. The van der Waals surface area contributed by atoms with E-state index in [2.05, 4.69) is 15.4 Å². The quantitative estimate of drug-likeness (QED) is 0.473. The SMILES string of the molecule is O=Cc1cnn(-c2cccc(NC(=O)COCCCl)n2)c1. The predicted molar refractivity (Wildman–Crippen MR) is 76.9 cm³/mol. The van der Waals surface area contributed by atoms with Crippen molar-refractivity contribution in [1.29, 1.82) is 0 Å². The van der Waals surface area contributed by atoms with Gasteiger partial charge in [-0.3, -0.25) is 9.59 Å². The van der Waals surface area contributed by atoms with Crippen molar-refractivity contribution < 1.29 is 14.3 Å². The number of anilines is 1. The molecule has 2 aromatic rings. The summed E-state index contributed by atoms with van der Waals surface area (Å²) >= 11 is 5.44. The van der Waals surface area contributed by atoms with Gasteiger partial charge < -0.3 is 10.1 Å². The van der Waals surface area contributed by atoms with Gasteiger partial charge in [0.15, 0.2) is 12.1 Å². The molecule has 0 saturated heterocycles. The minimum absolute atomic E-state index is 0.0876. The van der Waals surface area contributed by atoms with Crippen LogP contribution in [-0.2, 0) is 9.53 Å². The van der Waals surface area contributed by atoms with Crippen LogP contribution in [0.4, 0.5) is 5.82 Å². The number of hydrogen-bond donors (Lipinski definition) is 1. The van der Waals surface area contributed by atoms with Crippen molar-refractivity contribution in [2.75, 3.05) is 24.4 Å². The van der Waals surface area contributed by atoms with E-state index in [4.69, 9.17) is 16.3 Å². The number of amides is 1. The number of aromatic nitrogens is 3. The molecule has 2 rings (SSSR count). The van der Waals surface area contributed by atoms with Crippen molar-refractivity contribution in [2.45, 2.75) is 0 Å². The Balaban J connectivity index is 2.03. The van der Waals surface area contributed by atoms with Crippen LogP contribution in [0.15, 0.2) is 30.6 Å². The van der Waals surface area contributed by atoms with Gasteiger partial charge in [0.05, 0.1) is 18.4 Å². The first-order chi connectivity index (χ1) is 10.2. The van der Waals surface area contributed by atoms with Gasteiger partial charge in [-0.15, -0.1) is 11.6 Å². The molecule has 0 aliphatic carbocycles. The summed E-state index contributed by atoms with van der Waals surface area (Å²) in [5.41, 5.74) is 0.445. The molecule has 0 atom stereocenters. The Morgan fingerprint density at radius 3 is 3.05 bits per heavy atom. The standard InChI is InChI=1S/C13H13ClN4O3/c14-4-5-21-9-13(20)17-11-2-1-3-12(16-11)18-7-10(8-19)6-15-18/h1-3,6-8H,4-5,9H2,(H,16,17,20). The lowest BCUT2D eigenvalue weighted by Gasteiger charge is -2.06. The van der Waals surface area contributed by atoms with Gasteiger partial charge in [0.2, 0.25) is 0 Å². The van der Waals surface area contributed by atoms with E-state index < -0.39 is 0 Å². The monoisotopic (exact) mass is 308 g/mol. The third kappa shape index (κ3) is 4.37. The van der Waals surface area contributed by atoms with E-state index in [-0.39, 0.29) is 12.5 Å². The molecule has 0 spiro atoms. The summed E-state index contributed by atoms with van der Waals surface area (Å²) in [4.78, 5) is 26.5. The van der Waals surface area contributed by atoms with Gasteiger partial charge >= 0.3 is 0 Å². The number of ether oxygens (including phenoxy) is 1. The lowest BCUT2D eigenvalue weighted by atomic mass is 10.4. The van der Waals surface area contributed by atoms with E-state index in [1.807, 2.05) is 0 Å². The van der Waals surface area contributed by atoms with Crippen molar-refractivity contribution in [3.63, 3.8) is 0 Å². The number of nitrogens with one attached hydrogen (secondary N) is 1. The summed E-state index contributed by atoms with van der Waals surface area (Å²) in [5, 5.41) is 6.61. The average molecular weight is 309 g/mol. The number of alkyl halides is 1. The van der Waals surface area contributed by atoms with Crippen LogP contribution >= 0.6 is 11.6 Å². The molecule has 2 aromatic heterocycles. The van der Waals surface area contributed by atoms with Gasteiger partial charge in [-0.1, -0.05) is 6.07 Å². The molecular formula is C13H13ClN4O3. The Hall–Kier alpha value is -2.25. The number of carbonyl (C=O) groups is 2. The highest BCUT2D eigenvalue weighted by Gasteiger charge is 2.06. The fraction of sp³-hybridized carbons (Fsp3) is 0.231. The molecule has 2 heterocycles. The molecule has 0 aromatic carbocycles. The van der Waals surface area contributed by atoms with Gasteiger partial charge in [0, 0.05) is 12.1 Å². The molecule has 0 aliphatic heterocycles. The molecule has 7 nitrogen and oxygen atoms in total. The number of hydrogen-bond acceptors (Lipinski definition) is 5. The zero-order valence-corrected chi connectivity index (χ0v) is 11.8. The fourth-order valence-electron chi connectivity index (χ4n) is 1.54. The Kier molecular flexibility index (Phi) is 5.42. The Morgan fingerprint density at radius 2 is 2.33 bits per heavy atom. The maximum Gasteiger partial charge on any atom is 0.251 e. The Labute approximate surface area is 125 Å². The number of aldehydes is 1. The second-order valence-corrected chi connectivity index (χ2v) is 4.38. The van der Waals surface area contributed by atoms with Crippen LogP contribution in [0.25, 0.3) is 5.82 Å². The van der Waals surface area contributed by atoms with Crippen LogP contribution in [0.1, 0.15) is 10.4 Å². The fourth-order valence-corrected chi connectivity index (χ4v) is 1.65. The summed E-state index contributed by atoms with van der Waals surface area (Å²) in [5.74, 6) is 0.871. The second-order valence-electron chi connectivity index (χ2n) is 4.01. The van der Waals surface area contributed by atoms with Gasteiger partial charge in [0.25, 0.3) is 5.91 Å². The first-order valence-electron chi connectivity index (χ1n) is 6.14. The molecule has 8 heteroatoms. The van der Waals surface area contributed by atoms with Crippen LogP contribution < -0.4 is 5.32 Å². The highest BCUT2D eigenvalue weighted by Crippen LogP contribution is 2.09. The molecule has 0 aliphatic rings. The minimum Gasteiger partial charge on any atom is -0.370 e. The number of nitrogens with zero attached hydrogens (tertiary/aromatic N) is 3. The van der Waals surface area contributed by atoms with Crippen LogP contribution in [-0.4, -0.2) is 46.1 Å². The van der Waals surface area contributed by atoms with Crippen LogP contribution in [0.3, 0.4) is 0 Å². The maximum absolute atomic E-state index is 11.6. The smallest absolute Gasteiger partial charge is 0.251 e. The summed E-state index contributed by atoms with van der Waals surface area (Å²) in [6.07, 6.45) is 3.67. The first kappa shape index (κ1) is 15.1. The van der Waals surface area contributed by atoms with Crippen molar-refractivity contribution in [1.82, 2.24) is 14.8 Å². The van der Waals surface area contributed by atoms with Gasteiger partial charge in [0.1, 0.15) is 12.4 Å². The van der Waals surface area contributed by atoms with Crippen LogP contribution in [0.2, 0.25) is 0 Å². The van der Waals surface area contributed by atoms with E-state index in [1.54, 1.807) is 24.4 Å². The van der Waals surface area contributed by atoms with Gasteiger partial charge in [-0.05, 0) is 12.1 Å². The summed E-state index contributed by atoms with van der Waals surface area (Å²) in [6.45, 7) is 0.222. The highest BCUT2D eigenvalue weighted by molar-refractivity contribution is 6.18. The number of pyridine rings is 1. The second kappa shape index (κ2) is 7.51. The number of halogens is 1. The van der Waals surface area contributed by atoms with Crippen LogP contribution in [0.5, 0.6) is 0 Å². The predicted octanol–water partition coefficient (Wildman–Crippen LogP) is 1.27. The lowest BCUT2D eigenvalue weighted by molar-refractivity contribution is -0.120. The van der Waals surface area contributed by atoms with Crippen molar-refractivity contribution in [3.05, 3.63) is 36.2 Å². The summed E-state index contributed by atoms with van der Waals surface area (Å²) in [6, 6.07) is 5.08. The van der Waals surface area contributed by atoms with Crippen molar-refractivity contribution in [3.8, 4) is 5.82 Å². The summed E-state index contributed by atoms with van der Waals surface area (Å²) < 4.78 is 6.47.